The van der Waals surface area contributed by atoms with Crippen molar-refractivity contribution in [2.75, 3.05) is 0 Å². The minimum Gasteiger partial charge on any atom is -0.332 e. The van der Waals surface area contributed by atoms with Crippen LogP contribution in [0.25, 0.3) is 16.9 Å². The Hall–Kier alpha value is -2.61. The molecule has 5 rings (SSSR count). The van der Waals surface area contributed by atoms with Gasteiger partial charge in [-0.3, -0.25) is 4.79 Å². The van der Waals surface area contributed by atoms with Crippen LogP contribution in [0.2, 0.25) is 5.02 Å². The molecule has 1 fully saturated rings. The summed E-state index contributed by atoms with van der Waals surface area (Å²) in [7, 11) is 0. The lowest BCUT2D eigenvalue weighted by molar-refractivity contribution is -0.143. The van der Waals surface area contributed by atoms with Crippen LogP contribution in [0.3, 0.4) is 0 Å². The number of hydrogen-bond acceptors (Lipinski definition) is 3. The smallest absolute Gasteiger partial charge is 0.332 e. The number of aryl methyl sites for hydroxylation is 1. The van der Waals surface area contributed by atoms with E-state index in [1.54, 1.807) is 17.0 Å². The Morgan fingerprint density at radius 3 is 2.42 bits per heavy atom. The van der Waals surface area contributed by atoms with E-state index in [4.69, 9.17) is 11.6 Å². The van der Waals surface area contributed by atoms with Gasteiger partial charge in [0.15, 0.2) is 17.0 Å². The molecule has 9 heteroatoms. The van der Waals surface area contributed by atoms with Crippen LogP contribution < -0.4 is 0 Å². The highest BCUT2D eigenvalue weighted by Crippen LogP contribution is 2.42. The van der Waals surface area contributed by atoms with E-state index in [9.17, 15) is 18.0 Å². The van der Waals surface area contributed by atoms with Gasteiger partial charge in [0.25, 0.3) is 5.91 Å². The zero-order valence-electron chi connectivity index (χ0n) is 18.6. The standard InChI is InChI=1S/C24H24ClF3N4O/c1-12-10-13(2)31(14(3)11-12)23(33)20-18(25)22-29-19-16-7-5-4-6-15(16)8-9-17(19)21(24(26,27)28)32(22)30-20/h4-7,12-14H,8-11H2,1-3H3. The van der Waals surface area contributed by atoms with E-state index >= 15 is 0 Å². The van der Waals surface area contributed by atoms with Crippen LogP contribution in [-0.2, 0) is 19.0 Å². The second-order valence-electron chi connectivity index (χ2n) is 9.33. The number of alkyl halides is 3. The molecule has 3 aromatic rings. The van der Waals surface area contributed by atoms with Crippen molar-refractivity contribution in [2.45, 2.75) is 64.7 Å². The van der Waals surface area contributed by atoms with Crippen LogP contribution in [0, 0.1) is 5.92 Å². The Balaban J connectivity index is 1.72. The Labute approximate surface area is 194 Å². The number of amides is 1. The lowest BCUT2D eigenvalue weighted by Gasteiger charge is -2.41. The summed E-state index contributed by atoms with van der Waals surface area (Å²) in [6.07, 6.45) is -2.39. The number of benzene rings is 1. The van der Waals surface area contributed by atoms with Crippen molar-refractivity contribution in [3.63, 3.8) is 0 Å². The topological polar surface area (TPSA) is 50.5 Å². The summed E-state index contributed by atoms with van der Waals surface area (Å²) >= 11 is 6.53. The maximum Gasteiger partial charge on any atom is 0.433 e. The van der Waals surface area contributed by atoms with Gasteiger partial charge in [0.05, 0.1) is 5.69 Å². The molecule has 1 aromatic carbocycles. The van der Waals surface area contributed by atoms with E-state index in [-0.39, 0.29) is 46.1 Å². The van der Waals surface area contributed by atoms with Crippen molar-refractivity contribution in [1.82, 2.24) is 19.5 Å². The molecule has 2 aliphatic rings. The zero-order chi connectivity index (χ0) is 23.7. The van der Waals surface area contributed by atoms with Gasteiger partial charge in [0, 0.05) is 23.2 Å². The first-order valence-corrected chi connectivity index (χ1v) is 11.5. The molecule has 0 bridgehead atoms. The average molecular weight is 477 g/mol. The third kappa shape index (κ3) is 3.50. The van der Waals surface area contributed by atoms with Crippen molar-refractivity contribution in [2.24, 2.45) is 5.92 Å². The molecule has 174 valence electrons. The second-order valence-corrected chi connectivity index (χ2v) is 9.71. The van der Waals surface area contributed by atoms with E-state index in [1.165, 1.54) is 0 Å². The van der Waals surface area contributed by atoms with Crippen LogP contribution in [-0.4, -0.2) is 37.5 Å². The van der Waals surface area contributed by atoms with Crippen molar-refractivity contribution >= 4 is 23.2 Å². The number of likely N-dealkylation sites (tertiary alicyclic amines) is 1. The zero-order valence-corrected chi connectivity index (χ0v) is 19.3. The molecule has 2 aromatic heterocycles. The number of halogens is 4. The van der Waals surface area contributed by atoms with Crippen molar-refractivity contribution in [3.05, 3.63) is 51.8 Å². The molecular formula is C24H24ClF3N4O. The van der Waals surface area contributed by atoms with Gasteiger partial charge in [0.2, 0.25) is 0 Å². The van der Waals surface area contributed by atoms with Crippen molar-refractivity contribution in [3.8, 4) is 11.3 Å². The summed E-state index contributed by atoms with van der Waals surface area (Å²) in [6, 6.07) is 7.17. The third-order valence-electron chi connectivity index (χ3n) is 6.87. The molecule has 2 unspecified atom stereocenters. The number of fused-ring (bicyclic) bond motifs is 4. The van der Waals surface area contributed by atoms with E-state index in [0.29, 0.717) is 17.9 Å². The van der Waals surface area contributed by atoms with Crippen molar-refractivity contribution in [1.29, 1.82) is 0 Å². The first-order chi connectivity index (χ1) is 15.6. The van der Waals surface area contributed by atoms with Gasteiger partial charge in [-0.15, -0.1) is 0 Å². The summed E-state index contributed by atoms with van der Waals surface area (Å²) in [4.78, 5) is 19.7. The molecule has 33 heavy (non-hydrogen) atoms. The highest BCUT2D eigenvalue weighted by molar-refractivity contribution is 6.36. The number of carbonyl (C=O) groups excluding carboxylic acids is 1. The molecule has 1 aliphatic carbocycles. The molecule has 0 N–H and O–H groups in total. The van der Waals surface area contributed by atoms with Crippen LogP contribution in [0.5, 0.6) is 0 Å². The highest BCUT2D eigenvalue weighted by atomic mass is 35.5. The van der Waals surface area contributed by atoms with Gasteiger partial charge in [-0.05, 0) is 51.0 Å². The predicted molar refractivity (Wildman–Crippen MR) is 119 cm³/mol. The van der Waals surface area contributed by atoms with Crippen LogP contribution in [0.1, 0.15) is 60.9 Å². The first kappa shape index (κ1) is 22.2. The van der Waals surface area contributed by atoms with Gasteiger partial charge in [-0.2, -0.15) is 18.3 Å². The Bertz CT molecular complexity index is 1260. The second kappa shape index (κ2) is 7.72. The molecule has 3 heterocycles. The predicted octanol–water partition coefficient (Wildman–Crippen LogP) is 5.82. The summed E-state index contributed by atoms with van der Waals surface area (Å²) in [5.74, 6) is 0.00442. The van der Waals surface area contributed by atoms with Gasteiger partial charge in [-0.1, -0.05) is 42.8 Å². The van der Waals surface area contributed by atoms with E-state index in [2.05, 4.69) is 17.0 Å². The summed E-state index contributed by atoms with van der Waals surface area (Å²) < 4.78 is 43.7. The van der Waals surface area contributed by atoms with Gasteiger partial charge in [-0.25, -0.2) is 9.50 Å². The van der Waals surface area contributed by atoms with Crippen LogP contribution in [0.15, 0.2) is 24.3 Å². The Morgan fingerprint density at radius 2 is 1.76 bits per heavy atom. The molecule has 0 spiro atoms. The largest absolute Gasteiger partial charge is 0.433 e. The maximum absolute atomic E-state index is 14.3. The molecule has 2 atom stereocenters. The van der Waals surface area contributed by atoms with Gasteiger partial charge >= 0.3 is 6.18 Å². The molecular weight excluding hydrogens is 453 g/mol. The Kier molecular flexibility index (Phi) is 5.19. The highest BCUT2D eigenvalue weighted by Gasteiger charge is 2.42. The molecule has 0 radical (unpaired) electrons. The summed E-state index contributed by atoms with van der Waals surface area (Å²) in [5, 5.41) is 3.97. The molecule has 1 aliphatic heterocycles. The normalized spacial score (nSPS) is 22.9. The van der Waals surface area contributed by atoms with Gasteiger partial charge in [0.1, 0.15) is 5.02 Å². The van der Waals surface area contributed by atoms with Gasteiger partial charge < -0.3 is 4.90 Å². The van der Waals surface area contributed by atoms with Crippen molar-refractivity contribution < 1.29 is 18.0 Å². The lowest BCUT2D eigenvalue weighted by Crippen LogP contribution is -2.49. The number of aromatic nitrogens is 3. The van der Waals surface area contributed by atoms with Crippen LogP contribution >= 0.6 is 11.6 Å². The number of rotatable bonds is 1. The SMILES string of the molecule is CC1CC(C)N(C(=O)c2nn3c(C(F)(F)F)c4c(nc3c2Cl)-c2ccccc2CC4)C(C)C1. The molecule has 1 amide bonds. The average Bonchev–Trinajstić information content (AvgIpc) is 3.06. The van der Waals surface area contributed by atoms with E-state index in [1.807, 2.05) is 26.0 Å². The fourth-order valence-electron chi connectivity index (χ4n) is 5.62. The summed E-state index contributed by atoms with van der Waals surface area (Å²) in [5.41, 5.74) is 0.695. The lowest BCUT2D eigenvalue weighted by atomic mass is 9.88. The fraction of sp³-hybridized carbons (Fsp3) is 0.458. The minimum absolute atomic E-state index is 0.0627. The fourth-order valence-corrected chi connectivity index (χ4v) is 5.86. The summed E-state index contributed by atoms with van der Waals surface area (Å²) in [6.45, 7) is 6.03. The third-order valence-corrected chi connectivity index (χ3v) is 7.21. The van der Waals surface area contributed by atoms with Crippen LogP contribution in [0.4, 0.5) is 13.2 Å². The molecule has 0 saturated carbocycles. The number of nitrogens with zero attached hydrogens (tertiary/aromatic N) is 4. The molecule has 5 nitrogen and oxygen atoms in total. The minimum atomic E-state index is -4.69. The quantitative estimate of drug-likeness (QED) is 0.445. The van der Waals surface area contributed by atoms with E-state index < -0.39 is 17.8 Å². The number of hydrogen-bond donors (Lipinski definition) is 0. The monoisotopic (exact) mass is 476 g/mol. The number of piperidine rings is 1. The number of carbonyl (C=O) groups is 1. The first-order valence-electron chi connectivity index (χ1n) is 11.2. The molecule has 1 saturated heterocycles. The van der Waals surface area contributed by atoms with E-state index in [0.717, 1.165) is 22.9 Å². The Morgan fingerprint density at radius 1 is 1.09 bits per heavy atom. The maximum atomic E-state index is 14.3.